The van der Waals surface area contributed by atoms with Crippen molar-refractivity contribution < 1.29 is 14.6 Å². The largest absolute Gasteiger partial charge is 0.512 e. The van der Waals surface area contributed by atoms with Crippen LogP contribution in [0.3, 0.4) is 0 Å². The summed E-state index contributed by atoms with van der Waals surface area (Å²) in [5.74, 6) is 0.137. The Balaban J connectivity index is 0.00000163. The van der Waals surface area contributed by atoms with Crippen LogP contribution in [0.1, 0.15) is 59.6 Å². The van der Waals surface area contributed by atoms with Gasteiger partial charge in [-0.2, -0.15) is 0 Å². The molecule has 2 aromatic rings. The molecule has 0 aromatic carbocycles. The van der Waals surface area contributed by atoms with E-state index in [-0.39, 0.29) is 11.8 Å². The van der Waals surface area contributed by atoms with Gasteiger partial charge in [-0.3, -0.25) is 9.55 Å². The lowest BCUT2D eigenvalue weighted by Gasteiger charge is -2.20. The molecule has 0 aliphatic rings. The molecule has 2 heterocycles. The minimum absolute atomic E-state index is 0.137. The van der Waals surface area contributed by atoms with Crippen LogP contribution in [-0.2, 0) is 4.74 Å². The minimum Gasteiger partial charge on any atom is -0.512 e. The summed E-state index contributed by atoms with van der Waals surface area (Å²) in [5, 5.41) is 9.92. The first-order valence-corrected chi connectivity index (χ1v) is 8.88. The average molecular weight is 361 g/mol. The number of rotatable bonds is 2. The van der Waals surface area contributed by atoms with Crippen molar-refractivity contribution in [2.24, 2.45) is 5.73 Å². The lowest BCUT2D eigenvalue weighted by molar-refractivity contribution is 0.0544. The molecule has 3 N–H and O–H groups in total. The first-order chi connectivity index (χ1) is 12.0. The molecule has 0 saturated carbocycles. The summed E-state index contributed by atoms with van der Waals surface area (Å²) >= 11 is 0. The Bertz CT molecular complexity index is 808. The van der Waals surface area contributed by atoms with E-state index in [1.54, 1.807) is 32.3 Å². The van der Waals surface area contributed by atoms with Crippen LogP contribution < -0.4 is 5.73 Å². The first-order valence-electron chi connectivity index (χ1n) is 8.88. The molecule has 6 nitrogen and oxygen atoms in total. The van der Waals surface area contributed by atoms with E-state index < -0.39 is 11.7 Å². The number of carbonyl (C=O) groups is 1. The van der Waals surface area contributed by atoms with Crippen molar-refractivity contribution in [1.29, 1.82) is 0 Å². The SMILES string of the molecule is C/C(O)=C(\c1cnc2c(C)cn(C(=O)OC(C)(C)C)c2c1)C(C)N.CC. The summed E-state index contributed by atoms with van der Waals surface area (Å²) in [6.07, 6.45) is 2.90. The van der Waals surface area contributed by atoms with E-state index in [2.05, 4.69) is 4.98 Å². The summed E-state index contributed by atoms with van der Waals surface area (Å²) in [6, 6.07) is 1.44. The predicted molar refractivity (Wildman–Crippen MR) is 106 cm³/mol. The maximum Gasteiger partial charge on any atom is 0.419 e. The molecule has 144 valence electrons. The van der Waals surface area contributed by atoms with Crippen LogP contribution >= 0.6 is 0 Å². The van der Waals surface area contributed by atoms with Crippen molar-refractivity contribution in [3.05, 3.63) is 35.3 Å². The number of hydrogen-bond donors (Lipinski definition) is 2. The van der Waals surface area contributed by atoms with Gasteiger partial charge in [0.15, 0.2) is 0 Å². The van der Waals surface area contributed by atoms with Crippen LogP contribution in [0.25, 0.3) is 16.6 Å². The van der Waals surface area contributed by atoms with E-state index in [9.17, 15) is 9.90 Å². The molecule has 0 saturated heterocycles. The fourth-order valence-electron chi connectivity index (χ4n) is 2.68. The van der Waals surface area contributed by atoms with Crippen molar-refractivity contribution in [3.8, 4) is 0 Å². The van der Waals surface area contributed by atoms with Crippen LogP contribution in [0.2, 0.25) is 0 Å². The number of aromatic nitrogens is 2. The predicted octanol–water partition coefficient (Wildman–Crippen LogP) is 4.79. The summed E-state index contributed by atoms with van der Waals surface area (Å²) in [6.45, 7) is 14.7. The molecule has 0 aliphatic carbocycles. The number of carbonyl (C=O) groups excluding carboxylic acids is 1. The second kappa shape index (κ2) is 8.36. The number of nitrogens with two attached hydrogens (primary N) is 1. The summed E-state index contributed by atoms with van der Waals surface area (Å²) in [4.78, 5) is 16.9. The minimum atomic E-state index is -0.592. The molecular formula is C20H31N3O3. The van der Waals surface area contributed by atoms with Gasteiger partial charge in [0.1, 0.15) is 5.60 Å². The Labute approximate surface area is 155 Å². The molecule has 0 fully saturated rings. The Morgan fingerprint density at radius 3 is 2.38 bits per heavy atom. The average Bonchev–Trinajstić information content (AvgIpc) is 2.84. The van der Waals surface area contributed by atoms with E-state index in [1.165, 1.54) is 4.57 Å². The van der Waals surface area contributed by atoms with Crippen molar-refractivity contribution in [2.75, 3.05) is 0 Å². The molecule has 1 unspecified atom stereocenters. The molecule has 2 rings (SSSR count). The third-order valence-electron chi connectivity index (χ3n) is 3.57. The number of pyridine rings is 1. The Kier molecular flexibility index (Phi) is 6.98. The molecule has 1 atom stereocenters. The summed E-state index contributed by atoms with van der Waals surface area (Å²) < 4.78 is 6.89. The van der Waals surface area contributed by atoms with Crippen LogP contribution in [0.15, 0.2) is 24.2 Å². The van der Waals surface area contributed by atoms with Gasteiger partial charge in [-0.15, -0.1) is 0 Å². The number of aliphatic hydroxyl groups is 1. The Morgan fingerprint density at radius 1 is 1.35 bits per heavy atom. The number of nitrogens with zero attached hydrogens (tertiary/aromatic N) is 2. The number of allylic oxidation sites excluding steroid dienone is 1. The van der Waals surface area contributed by atoms with Gasteiger partial charge in [-0.25, -0.2) is 4.79 Å². The fourth-order valence-corrected chi connectivity index (χ4v) is 2.68. The van der Waals surface area contributed by atoms with Gasteiger partial charge in [0.05, 0.1) is 16.8 Å². The van der Waals surface area contributed by atoms with Gasteiger partial charge in [-0.1, -0.05) is 13.8 Å². The number of aliphatic hydroxyl groups excluding tert-OH is 1. The van der Waals surface area contributed by atoms with E-state index >= 15 is 0 Å². The molecule has 26 heavy (non-hydrogen) atoms. The standard InChI is InChI=1S/C18H25N3O3.C2H6/c1-10-9-21(17(23)24-18(4,5)6)14-7-13(8-20-16(10)14)15(11(2)19)12(3)22;1-2/h7-9,11,22H,19H2,1-6H3;1-2H3/b15-12+;. The quantitative estimate of drug-likeness (QED) is 0.751. The second-order valence-corrected chi connectivity index (χ2v) is 7.04. The fraction of sp³-hybridized carbons (Fsp3) is 0.500. The maximum absolute atomic E-state index is 12.5. The molecule has 0 bridgehead atoms. The van der Waals surface area contributed by atoms with Crippen LogP contribution in [0, 0.1) is 6.92 Å². The number of hydrogen-bond acceptors (Lipinski definition) is 5. The van der Waals surface area contributed by atoms with E-state index in [0.717, 1.165) is 5.56 Å². The summed E-state index contributed by atoms with van der Waals surface area (Å²) in [7, 11) is 0. The van der Waals surface area contributed by atoms with E-state index in [4.69, 9.17) is 10.5 Å². The van der Waals surface area contributed by atoms with Gasteiger partial charge in [-0.05, 0) is 53.2 Å². The second-order valence-electron chi connectivity index (χ2n) is 7.04. The smallest absolute Gasteiger partial charge is 0.419 e. The van der Waals surface area contributed by atoms with Crippen LogP contribution in [0.4, 0.5) is 4.79 Å². The van der Waals surface area contributed by atoms with Crippen molar-refractivity contribution in [3.63, 3.8) is 0 Å². The Morgan fingerprint density at radius 2 is 1.92 bits per heavy atom. The van der Waals surface area contributed by atoms with Crippen molar-refractivity contribution in [2.45, 2.75) is 67.0 Å². The highest BCUT2D eigenvalue weighted by Gasteiger charge is 2.21. The molecule has 0 radical (unpaired) electrons. The number of ether oxygens (including phenoxy) is 1. The lowest BCUT2D eigenvalue weighted by atomic mass is 10.0. The normalized spacial score (nSPS) is 13.6. The van der Waals surface area contributed by atoms with Gasteiger partial charge in [0.25, 0.3) is 0 Å². The molecule has 0 aliphatic heterocycles. The van der Waals surface area contributed by atoms with E-state index in [0.29, 0.717) is 22.2 Å². The Hall–Kier alpha value is -2.34. The number of fused-ring (bicyclic) bond motifs is 1. The third-order valence-corrected chi connectivity index (χ3v) is 3.57. The lowest BCUT2D eigenvalue weighted by Crippen LogP contribution is -2.26. The number of aryl methyl sites for hydroxylation is 1. The zero-order valence-electron chi connectivity index (χ0n) is 17.0. The highest BCUT2D eigenvalue weighted by atomic mass is 16.6. The van der Waals surface area contributed by atoms with E-state index in [1.807, 2.05) is 41.5 Å². The van der Waals surface area contributed by atoms with Gasteiger partial charge >= 0.3 is 6.09 Å². The zero-order valence-corrected chi connectivity index (χ0v) is 17.0. The summed E-state index contributed by atoms with van der Waals surface area (Å²) in [5.41, 5.74) is 8.85. The third kappa shape index (κ3) is 4.85. The van der Waals surface area contributed by atoms with Crippen LogP contribution in [-0.4, -0.2) is 32.4 Å². The molecular weight excluding hydrogens is 330 g/mol. The maximum atomic E-state index is 12.5. The van der Waals surface area contributed by atoms with Crippen molar-refractivity contribution in [1.82, 2.24) is 9.55 Å². The monoisotopic (exact) mass is 361 g/mol. The van der Waals surface area contributed by atoms with Crippen molar-refractivity contribution >= 4 is 22.7 Å². The topological polar surface area (TPSA) is 90.4 Å². The first kappa shape index (κ1) is 21.7. The van der Waals surface area contributed by atoms with Gasteiger partial charge in [0.2, 0.25) is 0 Å². The van der Waals surface area contributed by atoms with Gasteiger partial charge in [0, 0.05) is 29.6 Å². The molecule has 0 spiro atoms. The highest BCUT2D eigenvalue weighted by molar-refractivity contribution is 5.91. The molecule has 6 heteroatoms. The zero-order chi connectivity index (χ0) is 20.2. The molecule has 0 amide bonds. The van der Waals surface area contributed by atoms with Gasteiger partial charge < -0.3 is 15.6 Å². The molecule has 2 aromatic heterocycles. The van der Waals surface area contributed by atoms with Crippen LogP contribution in [0.5, 0.6) is 0 Å². The highest BCUT2D eigenvalue weighted by Crippen LogP contribution is 2.26.